The highest BCUT2D eigenvalue weighted by molar-refractivity contribution is 7.91. The van der Waals surface area contributed by atoms with Gasteiger partial charge in [-0.2, -0.15) is 5.10 Å². The molecule has 0 bridgehead atoms. The molecule has 158 valence electrons. The fourth-order valence-electron chi connectivity index (χ4n) is 3.47. The smallest absolute Gasteiger partial charge is 0.264 e. The Balaban J connectivity index is 1.50. The zero-order chi connectivity index (χ0) is 21.3. The molecule has 1 aromatic carbocycles. The second-order valence-electron chi connectivity index (χ2n) is 7.07. The van der Waals surface area contributed by atoms with Gasteiger partial charge in [0.05, 0.1) is 30.4 Å². The molecule has 1 aliphatic heterocycles. The summed E-state index contributed by atoms with van der Waals surface area (Å²) in [4.78, 5) is 29.4. The Morgan fingerprint density at radius 2 is 2.07 bits per heavy atom. The number of rotatable bonds is 6. The molecule has 2 aromatic heterocycles. The van der Waals surface area contributed by atoms with Crippen molar-refractivity contribution in [3.8, 4) is 5.75 Å². The second-order valence-corrected chi connectivity index (χ2v) is 9.30. The SMILES string of the molecule is CCOc1ccc(NC(=O)Cn2cnc3c(cnn3[C@@H]3CCS(=O)(=O)C3)c2=O)cc1. The summed E-state index contributed by atoms with van der Waals surface area (Å²) >= 11 is 0. The standard InChI is InChI=1S/C19H21N5O5S/c1-2-29-15-5-3-13(4-6-15)22-17(25)10-23-12-20-18-16(19(23)26)9-21-24(18)14-7-8-30(27,28)11-14/h3-6,9,12,14H,2,7-8,10-11H2,1H3,(H,22,25)/t14-/m1/s1. The molecule has 4 rings (SSSR count). The summed E-state index contributed by atoms with van der Waals surface area (Å²) in [6, 6.07) is 6.59. The third-order valence-corrected chi connectivity index (χ3v) is 6.65. The normalized spacial score (nSPS) is 17.8. The van der Waals surface area contributed by atoms with Crippen LogP contribution >= 0.6 is 0 Å². The van der Waals surface area contributed by atoms with Crippen LogP contribution in [0.3, 0.4) is 0 Å². The third kappa shape index (κ3) is 4.06. The Bertz CT molecular complexity index is 1250. The first-order chi connectivity index (χ1) is 14.4. The van der Waals surface area contributed by atoms with Crippen LogP contribution < -0.4 is 15.6 Å². The molecule has 11 heteroatoms. The van der Waals surface area contributed by atoms with Crippen molar-refractivity contribution in [2.75, 3.05) is 23.4 Å². The van der Waals surface area contributed by atoms with Crippen molar-refractivity contribution in [1.29, 1.82) is 0 Å². The summed E-state index contributed by atoms with van der Waals surface area (Å²) in [5.74, 6) is 0.408. The Hall–Kier alpha value is -3.21. The molecule has 1 fully saturated rings. The fraction of sp³-hybridized carbons (Fsp3) is 0.368. The summed E-state index contributed by atoms with van der Waals surface area (Å²) in [5, 5.41) is 7.15. The average molecular weight is 431 g/mol. The summed E-state index contributed by atoms with van der Waals surface area (Å²) < 4.78 is 31.5. The lowest BCUT2D eigenvalue weighted by atomic mass is 10.3. The van der Waals surface area contributed by atoms with Gasteiger partial charge in [-0.05, 0) is 37.6 Å². The number of carbonyl (C=O) groups excluding carboxylic acids is 1. The van der Waals surface area contributed by atoms with E-state index in [9.17, 15) is 18.0 Å². The molecule has 1 atom stereocenters. The summed E-state index contributed by atoms with van der Waals surface area (Å²) in [6.45, 7) is 2.23. The Morgan fingerprint density at radius 1 is 1.30 bits per heavy atom. The van der Waals surface area contributed by atoms with Gasteiger partial charge in [0.2, 0.25) is 5.91 Å². The van der Waals surface area contributed by atoms with E-state index in [-0.39, 0.29) is 35.4 Å². The molecule has 10 nitrogen and oxygen atoms in total. The van der Waals surface area contributed by atoms with Crippen LogP contribution in [0, 0.1) is 0 Å². The second kappa shape index (κ2) is 7.90. The van der Waals surface area contributed by atoms with Gasteiger partial charge in [0.15, 0.2) is 15.5 Å². The van der Waals surface area contributed by atoms with E-state index >= 15 is 0 Å². The number of hydrogen-bond acceptors (Lipinski definition) is 7. The lowest BCUT2D eigenvalue weighted by Gasteiger charge is -2.10. The highest BCUT2D eigenvalue weighted by Gasteiger charge is 2.31. The molecule has 1 saturated heterocycles. The molecule has 0 spiro atoms. The number of carbonyl (C=O) groups is 1. The molecular formula is C19H21N5O5S. The number of aromatic nitrogens is 4. The van der Waals surface area contributed by atoms with Crippen LogP contribution in [-0.2, 0) is 21.2 Å². The number of hydrogen-bond donors (Lipinski definition) is 1. The summed E-state index contributed by atoms with van der Waals surface area (Å²) in [6.07, 6.45) is 3.09. The van der Waals surface area contributed by atoms with Gasteiger partial charge in [0.1, 0.15) is 24.0 Å². The highest BCUT2D eigenvalue weighted by Crippen LogP contribution is 2.25. The van der Waals surface area contributed by atoms with E-state index in [2.05, 4.69) is 15.4 Å². The molecule has 0 saturated carbocycles. The van der Waals surface area contributed by atoms with Crippen molar-refractivity contribution in [3.63, 3.8) is 0 Å². The molecule has 0 radical (unpaired) electrons. The van der Waals surface area contributed by atoms with Crippen molar-refractivity contribution < 1.29 is 17.9 Å². The maximum atomic E-state index is 12.7. The predicted molar refractivity (Wildman–Crippen MR) is 110 cm³/mol. The zero-order valence-electron chi connectivity index (χ0n) is 16.3. The van der Waals surface area contributed by atoms with E-state index in [4.69, 9.17) is 4.74 Å². The van der Waals surface area contributed by atoms with Crippen LogP contribution in [0.2, 0.25) is 0 Å². The lowest BCUT2D eigenvalue weighted by molar-refractivity contribution is -0.116. The fourth-order valence-corrected chi connectivity index (χ4v) is 5.16. The third-order valence-electron chi connectivity index (χ3n) is 4.90. The van der Waals surface area contributed by atoms with Gasteiger partial charge in [-0.3, -0.25) is 14.2 Å². The topological polar surface area (TPSA) is 125 Å². The molecular weight excluding hydrogens is 410 g/mol. The Labute approximate surface area is 172 Å². The molecule has 1 amide bonds. The zero-order valence-corrected chi connectivity index (χ0v) is 17.1. The number of amides is 1. The van der Waals surface area contributed by atoms with Gasteiger partial charge in [-0.15, -0.1) is 0 Å². The van der Waals surface area contributed by atoms with Crippen LogP contribution in [-0.4, -0.2) is 51.8 Å². The predicted octanol–water partition coefficient (Wildman–Crippen LogP) is 0.990. The first-order valence-electron chi connectivity index (χ1n) is 9.52. The van der Waals surface area contributed by atoms with E-state index in [1.807, 2.05) is 6.92 Å². The average Bonchev–Trinajstić information content (AvgIpc) is 3.29. The maximum Gasteiger partial charge on any atom is 0.264 e. The van der Waals surface area contributed by atoms with Crippen LogP contribution in [0.1, 0.15) is 19.4 Å². The minimum atomic E-state index is -3.09. The molecule has 0 aliphatic carbocycles. The van der Waals surface area contributed by atoms with Crippen LogP contribution in [0.4, 0.5) is 5.69 Å². The first kappa shape index (κ1) is 20.1. The van der Waals surface area contributed by atoms with Gasteiger partial charge in [0, 0.05) is 5.69 Å². The number of nitrogens with one attached hydrogen (secondary N) is 1. The molecule has 3 aromatic rings. The summed E-state index contributed by atoms with van der Waals surface area (Å²) in [5.41, 5.74) is 0.500. The van der Waals surface area contributed by atoms with E-state index in [1.165, 1.54) is 21.8 Å². The molecule has 3 heterocycles. The minimum Gasteiger partial charge on any atom is -0.494 e. The monoisotopic (exact) mass is 431 g/mol. The molecule has 1 aliphatic rings. The number of fused-ring (bicyclic) bond motifs is 1. The van der Waals surface area contributed by atoms with Gasteiger partial charge in [0.25, 0.3) is 5.56 Å². The number of anilines is 1. The van der Waals surface area contributed by atoms with Crippen molar-refractivity contribution in [1.82, 2.24) is 19.3 Å². The number of benzene rings is 1. The minimum absolute atomic E-state index is 0.0148. The van der Waals surface area contributed by atoms with E-state index in [0.29, 0.717) is 30.1 Å². The van der Waals surface area contributed by atoms with Crippen molar-refractivity contribution >= 4 is 32.5 Å². The quantitative estimate of drug-likeness (QED) is 0.617. The number of ether oxygens (including phenoxy) is 1. The van der Waals surface area contributed by atoms with Gasteiger partial charge in [-0.25, -0.2) is 18.1 Å². The maximum absolute atomic E-state index is 12.7. The number of nitrogens with zero attached hydrogens (tertiary/aromatic N) is 4. The van der Waals surface area contributed by atoms with E-state index in [0.717, 1.165) is 0 Å². The highest BCUT2D eigenvalue weighted by atomic mass is 32.2. The lowest BCUT2D eigenvalue weighted by Crippen LogP contribution is -2.28. The largest absolute Gasteiger partial charge is 0.494 e. The molecule has 30 heavy (non-hydrogen) atoms. The van der Waals surface area contributed by atoms with E-state index in [1.54, 1.807) is 24.3 Å². The van der Waals surface area contributed by atoms with E-state index < -0.39 is 15.4 Å². The molecule has 0 unspecified atom stereocenters. The van der Waals surface area contributed by atoms with Crippen LogP contribution in [0.25, 0.3) is 11.0 Å². The van der Waals surface area contributed by atoms with Gasteiger partial charge >= 0.3 is 0 Å². The van der Waals surface area contributed by atoms with Gasteiger partial charge < -0.3 is 10.1 Å². The number of sulfone groups is 1. The van der Waals surface area contributed by atoms with Crippen molar-refractivity contribution in [2.24, 2.45) is 0 Å². The molecule has 1 N–H and O–H groups in total. The Morgan fingerprint density at radius 3 is 2.73 bits per heavy atom. The Kier molecular flexibility index (Phi) is 5.29. The van der Waals surface area contributed by atoms with Crippen LogP contribution in [0.15, 0.2) is 41.6 Å². The van der Waals surface area contributed by atoms with Crippen molar-refractivity contribution in [3.05, 3.63) is 47.1 Å². The van der Waals surface area contributed by atoms with Crippen LogP contribution in [0.5, 0.6) is 5.75 Å². The van der Waals surface area contributed by atoms with Gasteiger partial charge in [-0.1, -0.05) is 0 Å². The summed E-state index contributed by atoms with van der Waals surface area (Å²) in [7, 11) is -3.09. The van der Waals surface area contributed by atoms with Crippen molar-refractivity contribution in [2.45, 2.75) is 25.9 Å². The first-order valence-corrected chi connectivity index (χ1v) is 11.3.